The lowest BCUT2D eigenvalue weighted by Crippen LogP contribution is -1.86. The van der Waals surface area contributed by atoms with Gasteiger partial charge in [-0.25, -0.2) is 4.98 Å². The summed E-state index contributed by atoms with van der Waals surface area (Å²) in [5, 5.41) is 5.00. The van der Waals surface area contributed by atoms with E-state index in [2.05, 4.69) is 10.1 Å². The first-order chi connectivity index (χ1) is 9.81. The Labute approximate surface area is 121 Å². The first-order valence-electron chi connectivity index (χ1n) is 6.16. The first kappa shape index (κ1) is 12.7. The van der Waals surface area contributed by atoms with Gasteiger partial charge in [0.25, 0.3) is 0 Å². The average molecular weight is 283 g/mol. The Morgan fingerprint density at radius 3 is 2.70 bits per heavy atom. The molecule has 0 saturated heterocycles. The second kappa shape index (κ2) is 5.79. The predicted molar refractivity (Wildman–Crippen MR) is 80.1 cm³/mol. The van der Waals surface area contributed by atoms with Crippen molar-refractivity contribution in [1.29, 1.82) is 0 Å². The molecule has 0 atom stereocenters. The minimum Gasteiger partial charge on any atom is -0.397 e. The third-order valence-electron chi connectivity index (χ3n) is 2.75. The molecule has 0 aliphatic carbocycles. The normalized spacial score (nSPS) is 10.6. The fourth-order valence-electron chi connectivity index (χ4n) is 1.75. The van der Waals surface area contributed by atoms with E-state index in [1.165, 1.54) is 0 Å². The van der Waals surface area contributed by atoms with E-state index in [9.17, 15) is 0 Å². The molecule has 0 radical (unpaired) electrons. The van der Waals surface area contributed by atoms with E-state index in [1.54, 1.807) is 18.0 Å². The largest absolute Gasteiger partial charge is 0.397 e. The molecule has 2 N–H and O–H groups in total. The summed E-state index contributed by atoms with van der Waals surface area (Å²) in [4.78, 5) is 4.23. The van der Waals surface area contributed by atoms with E-state index in [4.69, 9.17) is 10.3 Å². The monoisotopic (exact) mass is 283 g/mol. The SMILES string of the molecule is Nc1ccc(SCc2cc(-c3ccccc3)no2)nc1. The van der Waals surface area contributed by atoms with Crippen molar-refractivity contribution in [2.75, 3.05) is 5.73 Å². The van der Waals surface area contributed by atoms with Crippen LogP contribution in [0, 0.1) is 0 Å². The highest BCUT2D eigenvalue weighted by atomic mass is 32.2. The van der Waals surface area contributed by atoms with Gasteiger partial charge < -0.3 is 10.3 Å². The van der Waals surface area contributed by atoms with Gasteiger partial charge in [0, 0.05) is 11.6 Å². The van der Waals surface area contributed by atoms with Crippen molar-refractivity contribution in [3.63, 3.8) is 0 Å². The van der Waals surface area contributed by atoms with Crippen LogP contribution in [0.5, 0.6) is 0 Å². The third kappa shape index (κ3) is 3.00. The van der Waals surface area contributed by atoms with Crippen molar-refractivity contribution in [3.05, 3.63) is 60.5 Å². The highest BCUT2D eigenvalue weighted by molar-refractivity contribution is 7.98. The lowest BCUT2D eigenvalue weighted by atomic mass is 10.1. The lowest BCUT2D eigenvalue weighted by Gasteiger charge is -1.98. The Balaban J connectivity index is 1.67. The van der Waals surface area contributed by atoms with E-state index < -0.39 is 0 Å². The summed E-state index contributed by atoms with van der Waals surface area (Å²) in [6.07, 6.45) is 1.65. The lowest BCUT2D eigenvalue weighted by molar-refractivity contribution is 0.397. The van der Waals surface area contributed by atoms with Crippen molar-refractivity contribution < 1.29 is 4.52 Å². The van der Waals surface area contributed by atoms with Crippen molar-refractivity contribution in [1.82, 2.24) is 10.1 Å². The maximum atomic E-state index is 5.60. The summed E-state index contributed by atoms with van der Waals surface area (Å²) in [7, 11) is 0. The van der Waals surface area contributed by atoms with E-state index in [0.717, 1.165) is 22.0 Å². The van der Waals surface area contributed by atoms with Crippen molar-refractivity contribution in [3.8, 4) is 11.3 Å². The highest BCUT2D eigenvalue weighted by Gasteiger charge is 2.07. The summed E-state index contributed by atoms with van der Waals surface area (Å²) in [5.74, 6) is 1.52. The summed E-state index contributed by atoms with van der Waals surface area (Å²) >= 11 is 1.59. The molecule has 0 amide bonds. The molecule has 3 rings (SSSR count). The number of nitrogens with zero attached hydrogens (tertiary/aromatic N) is 2. The molecule has 1 aromatic carbocycles. The minimum absolute atomic E-state index is 0.667. The number of hydrogen-bond acceptors (Lipinski definition) is 5. The highest BCUT2D eigenvalue weighted by Crippen LogP contribution is 2.24. The van der Waals surface area contributed by atoms with Gasteiger partial charge in [-0.1, -0.05) is 47.3 Å². The van der Waals surface area contributed by atoms with Crippen LogP contribution in [0.25, 0.3) is 11.3 Å². The Morgan fingerprint density at radius 1 is 1.10 bits per heavy atom. The molecule has 5 heteroatoms. The van der Waals surface area contributed by atoms with Gasteiger partial charge in [-0.05, 0) is 12.1 Å². The van der Waals surface area contributed by atoms with Gasteiger partial charge in [-0.15, -0.1) is 0 Å². The van der Waals surface area contributed by atoms with Crippen LogP contribution in [0.4, 0.5) is 5.69 Å². The molecule has 0 bridgehead atoms. The predicted octanol–water partition coefficient (Wildman–Crippen LogP) is 3.61. The molecular formula is C15H13N3OS. The van der Waals surface area contributed by atoms with Crippen LogP contribution >= 0.6 is 11.8 Å². The molecular weight excluding hydrogens is 270 g/mol. The van der Waals surface area contributed by atoms with Crippen LogP contribution in [0.2, 0.25) is 0 Å². The third-order valence-corrected chi connectivity index (χ3v) is 3.72. The summed E-state index contributed by atoms with van der Waals surface area (Å²) in [6, 6.07) is 15.7. The molecule has 4 nitrogen and oxygen atoms in total. The number of nitrogen functional groups attached to an aromatic ring is 1. The van der Waals surface area contributed by atoms with Crippen molar-refractivity contribution >= 4 is 17.4 Å². The smallest absolute Gasteiger partial charge is 0.147 e. The Kier molecular flexibility index (Phi) is 3.69. The maximum absolute atomic E-state index is 5.60. The Bertz CT molecular complexity index is 680. The number of thioether (sulfide) groups is 1. The number of pyridine rings is 1. The van der Waals surface area contributed by atoms with Gasteiger partial charge >= 0.3 is 0 Å². The van der Waals surface area contributed by atoms with Gasteiger partial charge in [0.15, 0.2) is 0 Å². The average Bonchev–Trinajstić information content (AvgIpc) is 2.97. The van der Waals surface area contributed by atoms with E-state index in [1.807, 2.05) is 48.5 Å². The zero-order valence-corrected chi connectivity index (χ0v) is 11.5. The van der Waals surface area contributed by atoms with Gasteiger partial charge in [0.1, 0.15) is 11.5 Å². The molecule has 3 aromatic rings. The van der Waals surface area contributed by atoms with Crippen molar-refractivity contribution in [2.24, 2.45) is 0 Å². The van der Waals surface area contributed by atoms with Gasteiger partial charge in [0.2, 0.25) is 0 Å². The van der Waals surface area contributed by atoms with Gasteiger partial charge in [-0.3, -0.25) is 0 Å². The number of rotatable bonds is 4. The van der Waals surface area contributed by atoms with Crippen LogP contribution in [0.1, 0.15) is 5.76 Å². The van der Waals surface area contributed by atoms with Gasteiger partial charge in [0.05, 0.1) is 22.7 Å². The fourth-order valence-corrected chi connectivity index (χ4v) is 2.47. The van der Waals surface area contributed by atoms with E-state index in [-0.39, 0.29) is 0 Å². The quantitative estimate of drug-likeness (QED) is 0.741. The first-order valence-corrected chi connectivity index (χ1v) is 7.15. The number of anilines is 1. The molecule has 0 aliphatic heterocycles. The minimum atomic E-state index is 0.667. The molecule has 0 fully saturated rings. The van der Waals surface area contributed by atoms with E-state index >= 15 is 0 Å². The van der Waals surface area contributed by atoms with Crippen molar-refractivity contribution in [2.45, 2.75) is 10.8 Å². The molecule has 0 saturated carbocycles. The molecule has 2 aromatic heterocycles. The van der Waals surface area contributed by atoms with Crippen LogP contribution in [-0.2, 0) is 5.75 Å². The van der Waals surface area contributed by atoms with Crippen LogP contribution in [-0.4, -0.2) is 10.1 Å². The topological polar surface area (TPSA) is 64.9 Å². The second-order valence-corrected chi connectivity index (χ2v) is 5.26. The van der Waals surface area contributed by atoms with Crippen LogP contribution in [0.3, 0.4) is 0 Å². The van der Waals surface area contributed by atoms with Crippen LogP contribution in [0.15, 0.2) is 64.3 Å². The zero-order valence-electron chi connectivity index (χ0n) is 10.7. The molecule has 2 heterocycles. The second-order valence-electron chi connectivity index (χ2n) is 4.26. The van der Waals surface area contributed by atoms with E-state index in [0.29, 0.717) is 11.4 Å². The number of benzene rings is 1. The summed E-state index contributed by atoms with van der Waals surface area (Å²) < 4.78 is 5.34. The molecule has 100 valence electrons. The maximum Gasteiger partial charge on any atom is 0.147 e. The van der Waals surface area contributed by atoms with Gasteiger partial charge in [-0.2, -0.15) is 0 Å². The Morgan fingerprint density at radius 2 is 1.95 bits per heavy atom. The standard InChI is InChI=1S/C15H13N3OS/c16-12-6-7-15(17-9-12)20-10-13-8-14(18-19-13)11-4-2-1-3-5-11/h1-9H,10,16H2. The molecule has 0 spiro atoms. The number of hydrogen-bond donors (Lipinski definition) is 1. The molecule has 20 heavy (non-hydrogen) atoms. The number of nitrogens with two attached hydrogens (primary N) is 1. The summed E-state index contributed by atoms with van der Waals surface area (Å²) in [5.41, 5.74) is 8.18. The Hall–Kier alpha value is -2.27. The molecule has 0 unspecified atom stereocenters. The summed E-state index contributed by atoms with van der Waals surface area (Å²) in [6.45, 7) is 0. The molecule has 0 aliphatic rings. The fraction of sp³-hybridized carbons (Fsp3) is 0.0667. The number of aromatic nitrogens is 2. The zero-order chi connectivity index (χ0) is 13.8. The van der Waals surface area contributed by atoms with Crippen LogP contribution < -0.4 is 5.73 Å².